The molecule has 0 aliphatic carbocycles. The first-order valence-electron chi connectivity index (χ1n) is 6.91. The monoisotopic (exact) mass is 275 g/mol. The van der Waals surface area contributed by atoms with E-state index in [2.05, 4.69) is 17.6 Å². The van der Waals surface area contributed by atoms with Gasteiger partial charge in [-0.1, -0.05) is 6.07 Å². The minimum Gasteiger partial charge on any atom is -0.355 e. The highest BCUT2D eigenvalue weighted by atomic mass is 16.2. The predicted molar refractivity (Wildman–Crippen MR) is 77.8 cm³/mol. The molecule has 0 bridgehead atoms. The van der Waals surface area contributed by atoms with Crippen LogP contribution in [0, 0.1) is 0 Å². The summed E-state index contributed by atoms with van der Waals surface area (Å²) in [6.07, 6.45) is 0. The summed E-state index contributed by atoms with van der Waals surface area (Å²) < 4.78 is 0. The highest BCUT2D eigenvalue weighted by Crippen LogP contribution is 2.15. The van der Waals surface area contributed by atoms with Gasteiger partial charge in [-0.2, -0.15) is 0 Å². The SMILES string of the molecule is CNC(=O)c1cccc(C(=O)N2CCNC(C)C2C)c1. The highest BCUT2D eigenvalue weighted by Gasteiger charge is 2.28. The van der Waals surface area contributed by atoms with Gasteiger partial charge in [-0.05, 0) is 32.0 Å². The molecule has 5 nitrogen and oxygen atoms in total. The van der Waals surface area contributed by atoms with Crippen molar-refractivity contribution in [1.29, 1.82) is 0 Å². The van der Waals surface area contributed by atoms with Crippen LogP contribution in [0.2, 0.25) is 0 Å². The van der Waals surface area contributed by atoms with Crippen LogP contribution < -0.4 is 10.6 Å². The molecular formula is C15H21N3O2. The summed E-state index contributed by atoms with van der Waals surface area (Å²) in [6, 6.07) is 7.28. The van der Waals surface area contributed by atoms with Gasteiger partial charge in [0.15, 0.2) is 0 Å². The molecule has 0 aromatic heterocycles. The van der Waals surface area contributed by atoms with Crippen LogP contribution in [0.4, 0.5) is 0 Å². The lowest BCUT2D eigenvalue weighted by Crippen LogP contribution is -2.57. The molecule has 5 heteroatoms. The number of carbonyl (C=O) groups excluding carboxylic acids is 2. The number of amides is 2. The molecule has 0 spiro atoms. The summed E-state index contributed by atoms with van der Waals surface area (Å²) in [5.74, 6) is -0.196. The minimum absolute atomic E-state index is 0.0170. The van der Waals surface area contributed by atoms with Gasteiger partial charge in [0.1, 0.15) is 0 Å². The summed E-state index contributed by atoms with van der Waals surface area (Å²) in [5.41, 5.74) is 1.07. The van der Waals surface area contributed by atoms with Gasteiger partial charge in [0.2, 0.25) is 0 Å². The van der Waals surface area contributed by atoms with E-state index >= 15 is 0 Å². The van der Waals surface area contributed by atoms with Gasteiger partial charge in [-0.15, -0.1) is 0 Å². The van der Waals surface area contributed by atoms with Gasteiger partial charge in [0.05, 0.1) is 0 Å². The van der Waals surface area contributed by atoms with E-state index in [1.807, 2.05) is 11.8 Å². The van der Waals surface area contributed by atoms with Crippen LogP contribution >= 0.6 is 0 Å². The number of nitrogens with zero attached hydrogens (tertiary/aromatic N) is 1. The molecule has 0 saturated carbocycles. The maximum atomic E-state index is 12.6. The third-order valence-electron chi connectivity index (χ3n) is 3.89. The molecular weight excluding hydrogens is 254 g/mol. The Balaban J connectivity index is 2.22. The lowest BCUT2D eigenvalue weighted by Gasteiger charge is -2.38. The van der Waals surface area contributed by atoms with Gasteiger partial charge in [0, 0.05) is 43.3 Å². The number of benzene rings is 1. The standard InChI is InChI=1S/C15H21N3O2/c1-10-11(2)18(8-7-17-10)15(20)13-6-4-5-12(9-13)14(19)16-3/h4-6,9-11,17H,7-8H2,1-3H3,(H,16,19). The van der Waals surface area contributed by atoms with E-state index in [-0.39, 0.29) is 23.9 Å². The van der Waals surface area contributed by atoms with Crippen LogP contribution in [-0.4, -0.2) is 48.9 Å². The van der Waals surface area contributed by atoms with E-state index in [0.717, 1.165) is 6.54 Å². The molecule has 2 N–H and O–H groups in total. The molecule has 2 unspecified atom stereocenters. The van der Waals surface area contributed by atoms with Gasteiger partial charge >= 0.3 is 0 Å². The number of nitrogens with one attached hydrogen (secondary N) is 2. The average Bonchev–Trinajstić information content (AvgIpc) is 2.48. The summed E-state index contributed by atoms with van der Waals surface area (Å²) in [5, 5.41) is 5.92. The maximum absolute atomic E-state index is 12.6. The second-order valence-electron chi connectivity index (χ2n) is 5.14. The summed E-state index contributed by atoms with van der Waals surface area (Å²) in [4.78, 5) is 26.1. The van der Waals surface area contributed by atoms with Crippen LogP contribution in [0.5, 0.6) is 0 Å². The Kier molecular flexibility index (Phi) is 4.39. The van der Waals surface area contributed by atoms with E-state index in [1.54, 1.807) is 31.3 Å². The first kappa shape index (κ1) is 14.5. The topological polar surface area (TPSA) is 61.4 Å². The third-order valence-corrected chi connectivity index (χ3v) is 3.89. The van der Waals surface area contributed by atoms with Crippen LogP contribution in [0.1, 0.15) is 34.6 Å². The molecule has 108 valence electrons. The van der Waals surface area contributed by atoms with Crippen molar-refractivity contribution in [1.82, 2.24) is 15.5 Å². The Hall–Kier alpha value is -1.88. The molecule has 1 aliphatic heterocycles. The second kappa shape index (κ2) is 6.05. The number of hydrogen-bond acceptors (Lipinski definition) is 3. The molecule has 1 heterocycles. The van der Waals surface area contributed by atoms with Crippen LogP contribution in [-0.2, 0) is 0 Å². The van der Waals surface area contributed by atoms with Gasteiger partial charge in [0.25, 0.3) is 11.8 Å². The van der Waals surface area contributed by atoms with Crippen LogP contribution in [0.25, 0.3) is 0 Å². The Morgan fingerprint density at radius 3 is 2.70 bits per heavy atom. The third kappa shape index (κ3) is 2.82. The zero-order valence-electron chi connectivity index (χ0n) is 12.1. The van der Waals surface area contributed by atoms with E-state index in [1.165, 1.54) is 0 Å². The van der Waals surface area contributed by atoms with Crippen molar-refractivity contribution in [2.24, 2.45) is 0 Å². The molecule has 2 rings (SSSR count). The Morgan fingerprint density at radius 2 is 2.00 bits per heavy atom. The van der Waals surface area contributed by atoms with Gasteiger partial charge in [-0.3, -0.25) is 9.59 Å². The number of carbonyl (C=O) groups is 2. The van der Waals surface area contributed by atoms with Crippen molar-refractivity contribution in [3.63, 3.8) is 0 Å². The van der Waals surface area contributed by atoms with Crippen molar-refractivity contribution < 1.29 is 9.59 Å². The zero-order chi connectivity index (χ0) is 14.7. The van der Waals surface area contributed by atoms with E-state index in [4.69, 9.17) is 0 Å². The minimum atomic E-state index is -0.179. The Labute approximate surface area is 119 Å². The normalized spacial score (nSPS) is 22.4. The summed E-state index contributed by atoms with van der Waals surface area (Å²) in [6.45, 7) is 5.60. The molecule has 20 heavy (non-hydrogen) atoms. The quantitative estimate of drug-likeness (QED) is 0.842. The molecule has 1 aromatic rings. The first-order valence-corrected chi connectivity index (χ1v) is 6.91. The van der Waals surface area contributed by atoms with Crippen molar-refractivity contribution in [2.75, 3.05) is 20.1 Å². The predicted octanol–water partition coefficient (Wildman–Crippen LogP) is 0.869. The largest absolute Gasteiger partial charge is 0.355 e. The van der Waals surface area contributed by atoms with E-state index < -0.39 is 0 Å². The number of rotatable bonds is 2. The van der Waals surface area contributed by atoms with E-state index in [0.29, 0.717) is 17.7 Å². The molecule has 1 saturated heterocycles. The van der Waals surface area contributed by atoms with Crippen molar-refractivity contribution in [3.05, 3.63) is 35.4 Å². The first-order chi connectivity index (χ1) is 9.54. The van der Waals surface area contributed by atoms with Crippen molar-refractivity contribution in [3.8, 4) is 0 Å². The molecule has 2 atom stereocenters. The smallest absolute Gasteiger partial charge is 0.254 e. The summed E-state index contributed by atoms with van der Waals surface area (Å²) >= 11 is 0. The second-order valence-corrected chi connectivity index (χ2v) is 5.14. The van der Waals surface area contributed by atoms with Gasteiger partial charge in [-0.25, -0.2) is 0 Å². The number of piperazine rings is 1. The summed E-state index contributed by atoms with van der Waals surface area (Å²) in [7, 11) is 1.58. The molecule has 1 aliphatic rings. The molecule has 1 fully saturated rings. The lowest BCUT2D eigenvalue weighted by atomic mass is 10.0. The van der Waals surface area contributed by atoms with E-state index in [9.17, 15) is 9.59 Å². The highest BCUT2D eigenvalue weighted by molar-refractivity contribution is 5.99. The number of hydrogen-bond donors (Lipinski definition) is 2. The fourth-order valence-corrected chi connectivity index (χ4v) is 2.45. The fraction of sp³-hybridized carbons (Fsp3) is 0.467. The van der Waals surface area contributed by atoms with Crippen molar-refractivity contribution in [2.45, 2.75) is 25.9 Å². The van der Waals surface area contributed by atoms with Crippen LogP contribution in [0.15, 0.2) is 24.3 Å². The van der Waals surface area contributed by atoms with Gasteiger partial charge < -0.3 is 15.5 Å². The average molecular weight is 275 g/mol. The maximum Gasteiger partial charge on any atom is 0.254 e. The molecule has 2 amide bonds. The molecule has 0 radical (unpaired) electrons. The molecule has 1 aromatic carbocycles. The van der Waals surface area contributed by atoms with Crippen LogP contribution in [0.3, 0.4) is 0 Å². The Morgan fingerprint density at radius 1 is 1.30 bits per heavy atom. The zero-order valence-corrected chi connectivity index (χ0v) is 12.1. The lowest BCUT2D eigenvalue weighted by molar-refractivity contribution is 0.0603. The van der Waals surface area contributed by atoms with Crippen molar-refractivity contribution >= 4 is 11.8 Å². The fourth-order valence-electron chi connectivity index (χ4n) is 2.45. The Bertz CT molecular complexity index is 516.